The highest BCUT2D eigenvalue weighted by Gasteiger charge is 2.36. The number of nitrogens with zero attached hydrogens (tertiary/aromatic N) is 1. The number of nitrogens with one attached hydrogen (secondary N) is 1. The number of carbonyl (C=O) groups is 1. The van der Waals surface area contributed by atoms with Crippen molar-refractivity contribution >= 4 is 21.6 Å². The first-order chi connectivity index (χ1) is 11.5. The van der Waals surface area contributed by atoms with Gasteiger partial charge in [0.2, 0.25) is 0 Å². The van der Waals surface area contributed by atoms with Gasteiger partial charge < -0.3 is 4.90 Å². The smallest absolute Gasteiger partial charge is 0.345 e. The number of amides is 1. The lowest BCUT2D eigenvalue weighted by atomic mass is 10.2. The van der Waals surface area contributed by atoms with Crippen molar-refractivity contribution in [1.82, 2.24) is 4.90 Å². The predicted octanol–water partition coefficient (Wildman–Crippen LogP) is 3.21. The average Bonchev–Trinajstić information content (AvgIpc) is 2.53. The summed E-state index contributed by atoms with van der Waals surface area (Å²) >= 11 is 0. The van der Waals surface area contributed by atoms with Gasteiger partial charge in [0, 0.05) is 25.3 Å². The maximum Gasteiger partial charge on any atom is 0.417 e. The summed E-state index contributed by atoms with van der Waals surface area (Å²) < 4.78 is 65.9. The largest absolute Gasteiger partial charge is 0.417 e. The molecule has 1 amide bonds. The third-order valence-electron chi connectivity index (χ3n) is 3.25. The second kappa shape index (κ2) is 6.75. The van der Waals surface area contributed by atoms with Gasteiger partial charge in [0.05, 0.1) is 10.5 Å². The highest BCUT2D eigenvalue weighted by Crippen LogP contribution is 2.34. The molecule has 0 saturated carbocycles. The van der Waals surface area contributed by atoms with Crippen molar-refractivity contribution in [2.75, 3.05) is 18.8 Å². The minimum atomic E-state index is -4.81. The molecule has 134 valence electrons. The fourth-order valence-corrected chi connectivity index (χ4v) is 3.40. The molecule has 0 aliphatic rings. The first-order valence-electron chi connectivity index (χ1n) is 7.03. The molecule has 0 radical (unpaired) electrons. The third kappa shape index (κ3) is 4.30. The van der Waals surface area contributed by atoms with Crippen molar-refractivity contribution in [1.29, 1.82) is 0 Å². The Morgan fingerprint density at radius 2 is 1.68 bits per heavy atom. The number of carbonyl (C=O) groups excluding carboxylic acids is 1. The van der Waals surface area contributed by atoms with Gasteiger partial charge >= 0.3 is 6.18 Å². The molecule has 25 heavy (non-hydrogen) atoms. The Labute approximate surface area is 143 Å². The quantitative estimate of drug-likeness (QED) is 0.896. The van der Waals surface area contributed by atoms with Gasteiger partial charge in [-0.2, -0.15) is 13.2 Å². The van der Waals surface area contributed by atoms with Gasteiger partial charge in [0.1, 0.15) is 0 Å². The molecule has 2 aromatic rings. The molecule has 0 fully saturated rings. The molecular weight excluding hydrogens is 357 g/mol. The van der Waals surface area contributed by atoms with Crippen LogP contribution in [0.3, 0.4) is 0 Å². The topological polar surface area (TPSA) is 66.5 Å². The summed E-state index contributed by atoms with van der Waals surface area (Å²) in [7, 11) is -1.43. The van der Waals surface area contributed by atoms with Crippen LogP contribution in [-0.4, -0.2) is 33.3 Å². The van der Waals surface area contributed by atoms with Crippen LogP contribution in [0.5, 0.6) is 0 Å². The Balaban J connectivity index is 2.41. The van der Waals surface area contributed by atoms with E-state index in [-0.39, 0.29) is 17.2 Å². The molecule has 0 spiro atoms. The third-order valence-corrected chi connectivity index (χ3v) is 4.69. The van der Waals surface area contributed by atoms with Crippen molar-refractivity contribution < 1.29 is 26.4 Å². The zero-order chi connectivity index (χ0) is 18.8. The molecule has 0 aromatic heterocycles. The van der Waals surface area contributed by atoms with Crippen LogP contribution in [0, 0.1) is 0 Å². The van der Waals surface area contributed by atoms with Crippen LogP contribution in [-0.2, 0) is 16.2 Å². The number of anilines is 1. The minimum Gasteiger partial charge on any atom is -0.345 e. The fraction of sp³-hybridized carbons (Fsp3) is 0.188. The van der Waals surface area contributed by atoms with Gasteiger partial charge in [-0.3, -0.25) is 9.52 Å². The zero-order valence-electron chi connectivity index (χ0n) is 13.3. The number of alkyl halides is 3. The van der Waals surface area contributed by atoms with Gasteiger partial charge in [0.15, 0.2) is 0 Å². The Kier molecular flexibility index (Phi) is 5.07. The highest BCUT2D eigenvalue weighted by atomic mass is 32.2. The highest BCUT2D eigenvalue weighted by molar-refractivity contribution is 7.92. The molecule has 0 unspecified atom stereocenters. The van der Waals surface area contributed by atoms with Crippen LogP contribution < -0.4 is 4.72 Å². The summed E-state index contributed by atoms with van der Waals surface area (Å²) in [5.41, 5.74) is -1.07. The Hall–Kier alpha value is -2.55. The number of hydrogen-bond acceptors (Lipinski definition) is 3. The van der Waals surface area contributed by atoms with Crippen molar-refractivity contribution in [3.8, 4) is 0 Å². The standard InChI is InChI=1S/C16H15F3N2O3S/c1-21(2)15(22)11-6-5-7-12(10-11)20-25(23,24)14-9-4-3-8-13(14)16(17,18)19/h3-10,20H,1-2H3. The molecular formula is C16H15F3N2O3S. The number of sulfonamides is 1. The molecule has 0 saturated heterocycles. The van der Waals surface area contributed by atoms with Crippen LogP contribution in [0.15, 0.2) is 53.4 Å². The van der Waals surface area contributed by atoms with Crippen molar-refractivity contribution in [2.24, 2.45) is 0 Å². The van der Waals surface area contributed by atoms with Crippen LogP contribution >= 0.6 is 0 Å². The van der Waals surface area contributed by atoms with Gasteiger partial charge in [-0.25, -0.2) is 8.42 Å². The van der Waals surface area contributed by atoms with E-state index in [1.54, 1.807) is 0 Å². The van der Waals surface area contributed by atoms with E-state index in [2.05, 4.69) is 4.72 Å². The molecule has 9 heteroatoms. The second-order valence-corrected chi connectivity index (χ2v) is 7.03. The zero-order valence-corrected chi connectivity index (χ0v) is 14.1. The van der Waals surface area contributed by atoms with E-state index in [9.17, 15) is 26.4 Å². The molecule has 0 aliphatic heterocycles. The number of rotatable bonds is 4. The van der Waals surface area contributed by atoms with Crippen molar-refractivity contribution in [3.05, 3.63) is 59.7 Å². The minimum absolute atomic E-state index is 0.00956. The Morgan fingerprint density at radius 1 is 1.04 bits per heavy atom. The average molecular weight is 372 g/mol. The van der Waals surface area contributed by atoms with Crippen LogP contribution in [0.25, 0.3) is 0 Å². The van der Waals surface area contributed by atoms with Gasteiger partial charge in [-0.1, -0.05) is 18.2 Å². The molecule has 0 atom stereocenters. The first kappa shape index (κ1) is 18.8. The second-order valence-electron chi connectivity index (χ2n) is 5.38. The van der Waals surface area contributed by atoms with E-state index < -0.39 is 26.7 Å². The van der Waals surface area contributed by atoms with E-state index in [1.807, 2.05) is 0 Å². The Bertz CT molecular complexity index is 893. The molecule has 1 N–H and O–H groups in total. The normalized spacial score (nSPS) is 11.9. The summed E-state index contributed by atoms with van der Waals surface area (Å²) in [4.78, 5) is 12.3. The lowest BCUT2D eigenvalue weighted by Crippen LogP contribution is -2.22. The molecule has 0 bridgehead atoms. The summed E-state index contributed by atoms with van der Waals surface area (Å²) in [5, 5.41) is 0. The molecule has 5 nitrogen and oxygen atoms in total. The van der Waals surface area contributed by atoms with Gasteiger partial charge in [0.25, 0.3) is 15.9 Å². The van der Waals surface area contributed by atoms with Crippen molar-refractivity contribution in [2.45, 2.75) is 11.1 Å². The van der Waals surface area contributed by atoms with E-state index in [4.69, 9.17) is 0 Å². The van der Waals surface area contributed by atoms with Crippen molar-refractivity contribution in [3.63, 3.8) is 0 Å². The van der Waals surface area contributed by atoms with Crippen LogP contribution in [0.2, 0.25) is 0 Å². The number of halogens is 3. The van der Waals surface area contributed by atoms with E-state index in [1.165, 1.54) is 49.3 Å². The van der Waals surface area contributed by atoms with Crippen LogP contribution in [0.1, 0.15) is 15.9 Å². The molecule has 2 rings (SSSR count). The first-order valence-corrected chi connectivity index (χ1v) is 8.51. The maximum atomic E-state index is 13.0. The summed E-state index contributed by atoms with van der Waals surface area (Å²) in [6, 6.07) is 9.40. The summed E-state index contributed by atoms with van der Waals surface area (Å²) in [6.07, 6.45) is -4.81. The van der Waals surface area contributed by atoms with Gasteiger partial charge in [-0.15, -0.1) is 0 Å². The van der Waals surface area contributed by atoms with E-state index in [0.29, 0.717) is 6.07 Å². The van der Waals surface area contributed by atoms with Gasteiger partial charge in [-0.05, 0) is 30.3 Å². The summed E-state index contributed by atoms with van der Waals surface area (Å²) in [6.45, 7) is 0. The number of hydrogen-bond donors (Lipinski definition) is 1. The fourth-order valence-electron chi connectivity index (χ4n) is 2.12. The SMILES string of the molecule is CN(C)C(=O)c1cccc(NS(=O)(=O)c2ccccc2C(F)(F)F)c1. The molecule has 2 aromatic carbocycles. The number of benzene rings is 2. The van der Waals surface area contributed by atoms with E-state index in [0.717, 1.165) is 12.1 Å². The maximum absolute atomic E-state index is 13.0. The predicted molar refractivity (Wildman–Crippen MR) is 86.7 cm³/mol. The molecule has 0 heterocycles. The van der Waals surface area contributed by atoms with Crippen LogP contribution in [0.4, 0.5) is 18.9 Å². The monoisotopic (exact) mass is 372 g/mol. The summed E-state index contributed by atoms with van der Waals surface area (Å²) in [5.74, 6) is -0.364. The van der Waals surface area contributed by atoms with E-state index >= 15 is 0 Å². The Morgan fingerprint density at radius 3 is 2.28 bits per heavy atom. The lowest BCUT2D eigenvalue weighted by molar-refractivity contribution is -0.139. The lowest BCUT2D eigenvalue weighted by Gasteiger charge is -2.15. The molecule has 0 aliphatic carbocycles.